The molecule has 0 bridgehead atoms. The predicted molar refractivity (Wildman–Crippen MR) is 65.4 cm³/mol. The Morgan fingerprint density at radius 2 is 1.94 bits per heavy atom. The SMILES string of the molecule is CC#CCCC(NCC)c1ccc(F)c(F)c1F. The molecule has 0 heterocycles. The van der Waals surface area contributed by atoms with Crippen molar-refractivity contribution in [2.75, 3.05) is 6.54 Å². The first-order valence-corrected chi connectivity index (χ1v) is 5.88. The Morgan fingerprint density at radius 3 is 2.56 bits per heavy atom. The summed E-state index contributed by atoms with van der Waals surface area (Å²) in [4.78, 5) is 0. The van der Waals surface area contributed by atoms with E-state index >= 15 is 0 Å². The summed E-state index contributed by atoms with van der Waals surface area (Å²) in [6.45, 7) is 4.21. The Morgan fingerprint density at radius 1 is 1.22 bits per heavy atom. The summed E-state index contributed by atoms with van der Waals surface area (Å²) in [5.41, 5.74) is 0.147. The fraction of sp³-hybridized carbons (Fsp3) is 0.429. The maximum absolute atomic E-state index is 13.7. The topological polar surface area (TPSA) is 12.0 Å². The molecule has 98 valence electrons. The van der Waals surface area contributed by atoms with E-state index in [1.54, 1.807) is 6.92 Å². The van der Waals surface area contributed by atoms with Gasteiger partial charge >= 0.3 is 0 Å². The van der Waals surface area contributed by atoms with Crippen LogP contribution in [0.3, 0.4) is 0 Å². The van der Waals surface area contributed by atoms with Gasteiger partial charge in [0, 0.05) is 18.0 Å². The van der Waals surface area contributed by atoms with Crippen LogP contribution in [0.5, 0.6) is 0 Å². The van der Waals surface area contributed by atoms with E-state index < -0.39 is 17.5 Å². The molecule has 0 saturated carbocycles. The highest BCUT2D eigenvalue weighted by molar-refractivity contribution is 5.24. The van der Waals surface area contributed by atoms with Gasteiger partial charge in [0.2, 0.25) is 0 Å². The molecule has 0 radical (unpaired) electrons. The van der Waals surface area contributed by atoms with Gasteiger partial charge in [-0.15, -0.1) is 11.8 Å². The zero-order valence-electron chi connectivity index (χ0n) is 10.5. The lowest BCUT2D eigenvalue weighted by Gasteiger charge is -2.18. The van der Waals surface area contributed by atoms with Crippen LogP contribution in [0.4, 0.5) is 13.2 Å². The van der Waals surface area contributed by atoms with Gasteiger partial charge in [0.25, 0.3) is 0 Å². The zero-order valence-corrected chi connectivity index (χ0v) is 10.5. The van der Waals surface area contributed by atoms with E-state index in [-0.39, 0.29) is 11.6 Å². The van der Waals surface area contributed by atoms with Gasteiger partial charge in [0.15, 0.2) is 17.5 Å². The minimum atomic E-state index is -1.42. The third-order valence-corrected chi connectivity index (χ3v) is 2.63. The summed E-state index contributed by atoms with van der Waals surface area (Å²) in [7, 11) is 0. The number of hydrogen-bond donors (Lipinski definition) is 1. The van der Waals surface area contributed by atoms with Crippen molar-refractivity contribution in [3.63, 3.8) is 0 Å². The van der Waals surface area contributed by atoms with E-state index in [4.69, 9.17) is 0 Å². The normalized spacial score (nSPS) is 11.8. The van der Waals surface area contributed by atoms with Crippen LogP contribution in [0, 0.1) is 29.3 Å². The molecule has 4 heteroatoms. The molecule has 1 unspecified atom stereocenters. The molecule has 0 saturated heterocycles. The molecule has 0 aliphatic carbocycles. The zero-order chi connectivity index (χ0) is 13.5. The molecule has 0 spiro atoms. The Hall–Kier alpha value is -1.47. The smallest absolute Gasteiger partial charge is 0.194 e. The first-order chi connectivity index (χ1) is 8.61. The van der Waals surface area contributed by atoms with Crippen LogP contribution in [-0.2, 0) is 0 Å². The highest BCUT2D eigenvalue weighted by Gasteiger charge is 2.19. The van der Waals surface area contributed by atoms with Gasteiger partial charge in [-0.2, -0.15) is 0 Å². The molecule has 1 nitrogen and oxygen atoms in total. The van der Waals surface area contributed by atoms with Crippen molar-refractivity contribution in [1.82, 2.24) is 5.32 Å². The van der Waals surface area contributed by atoms with Crippen LogP contribution < -0.4 is 5.32 Å². The molecule has 1 aromatic carbocycles. The first-order valence-electron chi connectivity index (χ1n) is 5.88. The van der Waals surface area contributed by atoms with Crippen LogP contribution in [0.2, 0.25) is 0 Å². The van der Waals surface area contributed by atoms with Gasteiger partial charge in [-0.3, -0.25) is 0 Å². The van der Waals surface area contributed by atoms with Crippen LogP contribution in [-0.4, -0.2) is 6.54 Å². The molecule has 0 fully saturated rings. The van der Waals surface area contributed by atoms with Gasteiger partial charge in [0.1, 0.15) is 0 Å². The quantitative estimate of drug-likeness (QED) is 0.626. The number of hydrogen-bond acceptors (Lipinski definition) is 1. The molecule has 1 atom stereocenters. The predicted octanol–water partition coefficient (Wildman–Crippen LogP) is 3.56. The molecule has 0 aliphatic heterocycles. The van der Waals surface area contributed by atoms with Gasteiger partial charge in [-0.05, 0) is 26.0 Å². The number of benzene rings is 1. The third-order valence-electron chi connectivity index (χ3n) is 2.63. The lowest BCUT2D eigenvalue weighted by molar-refractivity contribution is 0.421. The summed E-state index contributed by atoms with van der Waals surface area (Å²) < 4.78 is 39.7. The lowest BCUT2D eigenvalue weighted by Crippen LogP contribution is -2.22. The van der Waals surface area contributed by atoms with Crippen LogP contribution in [0.25, 0.3) is 0 Å². The summed E-state index contributed by atoms with van der Waals surface area (Å²) in [5, 5.41) is 3.05. The standard InChI is InChI=1S/C14H16F3N/c1-3-5-6-7-12(18-4-2)10-8-9-11(15)14(17)13(10)16/h8-9,12,18H,4,6-7H2,1-2H3. The minimum absolute atomic E-state index is 0.147. The highest BCUT2D eigenvalue weighted by Crippen LogP contribution is 2.24. The molecule has 1 N–H and O–H groups in total. The van der Waals surface area contributed by atoms with Gasteiger partial charge in [-0.25, -0.2) is 13.2 Å². The molecular formula is C14H16F3N. The maximum Gasteiger partial charge on any atom is 0.194 e. The van der Waals surface area contributed by atoms with E-state index in [0.717, 1.165) is 6.07 Å². The molecule has 18 heavy (non-hydrogen) atoms. The van der Waals surface area contributed by atoms with Crippen molar-refractivity contribution >= 4 is 0 Å². The van der Waals surface area contributed by atoms with Gasteiger partial charge < -0.3 is 5.32 Å². The number of nitrogens with one attached hydrogen (secondary N) is 1. The summed E-state index contributed by atoms with van der Waals surface area (Å²) >= 11 is 0. The second-order valence-electron chi connectivity index (χ2n) is 3.84. The second-order valence-corrected chi connectivity index (χ2v) is 3.84. The van der Waals surface area contributed by atoms with Gasteiger partial charge in [0.05, 0.1) is 0 Å². The highest BCUT2D eigenvalue weighted by atomic mass is 19.2. The second kappa shape index (κ2) is 7.07. The molecule has 1 aromatic rings. The Kier molecular flexibility index (Phi) is 5.73. The van der Waals surface area contributed by atoms with E-state index in [0.29, 0.717) is 19.4 Å². The van der Waals surface area contributed by atoms with E-state index in [1.165, 1.54) is 6.07 Å². The Bertz CT molecular complexity index is 460. The minimum Gasteiger partial charge on any atom is -0.310 e. The fourth-order valence-corrected chi connectivity index (χ4v) is 1.77. The summed E-state index contributed by atoms with van der Waals surface area (Å²) in [6, 6.07) is 1.87. The Balaban J connectivity index is 2.96. The largest absolute Gasteiger partial charge is 0.310 e. The van der Waals surface area contributed by atoms with Crippen LogP contribution >= 0.6 is 0 Å². The van der Waals surface area contributed by atoms with Crippen molar-refractivity contribution in [2.45, 2.75) is 32.7 Å². The average molecular weight is 255 g/mol. The van der Waals surface area contributed by atoms with Crippen LogP contribution in [0.1, 0.15) is 38.3 Å². The van der Waals surface area contributed by atoms with E-state index in [1.807, 2.05) is 6.92 Å². The van der Waals surface area contributed by atoms with Crippen molar-refractivity contribution in [3.8, 4) is 11.8 Å². The monoisotopic (exact) mass is 255 g/mol. The summed E-state index contributed by atoms with van der Waals surface area (Å²) in [5.74, 6) is 1.91. The van der Waals surface area contributed by atoms with Crippen LogP contribution in [0.15, 0.2) is 12.1 Å². The first kappa shape index (κ1) is 14.6. The molecule has 1 rings (SSSR count). The van der Waals surface area contributed by atoms with Gasteiger partial charge in [-0.1, -0.05) is 13.0 Å². The van der Waals surface area contributed by atoms with E-state index in [2.05, 4.69) is 17.2 Å². The molecule has 0 amide bonds. The van der Waals surface area contributed by atoms with Crippen molar-refractivity contribution < 1.29 is 13.2 Å². The fourth-order valence-electron chi connectivity index (χ4n) is 1.77. The number of halogens is 3. The van der Waals surface area contributed by atoms with Crippen molar-refractivity contribution in [2.24, 2.45) is 0 Å². The molecule has 0 aromatic heterocycles. The molecular weight excluding hydrogens is 239 g/mol. The Labute approximate surface area is 105 Å². The average Bonchev–Trinajstić information content (AvgIpc) is 2.36. The number of rotatable bonds is 5. The summed E-state index contributed by atoms with van der Waals surface area (Å²) in [6.07, 6.45) is 1.13. The third kappa shape index (κ3) is 3.51. The van der Waals surface area contributed by atoms with Crippen molar-refractivity contribution in [3.05, 3.63) is 35.1 Å². The van der Waals surface area contributed by atoms with E-state index in [9.17, 15) is 13.2 Å². The maximum atomic E-state index is 13.7. The molecule has 0 aliphatic rings. The van der Waals surface area contributed by atoms with Crippen molar-refractivity contribution in [1.29, 1.82) is 0 Å². The lowest BCUT2D eigenvalue weighted by atomic mass is 10.0.